The number of benzene rings is 2. The fourth-order valence-electron chi connectivity index (χ4n) is 3.33. The van der Waals surface area contributed by atoms with Crippen LogP contribution in [0, 0.1) is 0 Å². The summed E-state index contributed by atoms with van der Waals surface area (Å²) in [7, 11) is 1.99. The molecule has 0 spiro atoms. The van der Waals surface area contributed by atoms with Gasteiger partial charge in [-0.05, 0) is 50.2 Å². The lowest BCUT2D eigenvalue weighted by Crippen LogP contribution is -2.21. The molecule has 0 saturated carbocycles. The molecule has 0 N–H and O–H groups in total. The summed E-state index contributed by atoms with van der Waals surface area (Å²) in [5.74, 6) is 2.16. The Bertz CT molecular complexity index is 1080. The van der Waals surface area contributed by atoms with E-state index in [1.807, 2.05) is 41.9 Å². The molecule has 30 heavy (non-hydrogen) atoms. The lowest BCUT2D eigenvalue weighted by Gasteiger charge is -2.21. The fourth-order valence-corrected chi connectivity index (χ4v) is 4.12. The molecule has 4 aromatic rings. The second-order valence-electron chi connectivity index (χ2n) is 6.88. The number of thioether (sulfide) groups is 1. The van der Waals surface area contributed by atoms with E-state index in [0.29, 0.717) is 11.6 Å². The van der Waals surface area contributed by atoms with Gasteiger partial charge in [0.1, 0.15) is 6.26 Å². The maximum atomic E-state index is 5.62. The minimum absolute atomic E-state index is 0.637. The van der Waals surface area contributed by atoms with Gasteiger partial charge in [0, 0.05) is 42.7 Å². The second kappa shape index (κ2) is 9.17. The van der Waals surface area contributed by atoms with Crippen molar-refractivity contribution in [2.24, 2.45) is 7.05 Å². The van der Waals surface area contributed by atoms with E-state index >= 15 is 0 Å². The van der Waals surface area contributed by atoms with Crippen molar-refractivity contribution in [1.82, 2.24) is 19.7 Å². The Balaban J connectivity index is 1.44. The normalized spacial score (nSPS) is 11.0. The van der Waals surface area contributed by atoms with Crippen LogP contribution in [0.5, 0.6) is 0 Å². The van der Waals surface area contributed by atoms with E-state index in [-0.39, 0.29) is 0 Å². The highest BCUT2D eigenvalue weighted by molar-refractivity contribution is 7.98. The lowest BCUT2D eigenvalue weighted by molar-refractivity contribution is 0.573. The summed E-state index contributed by atoms with van der Waals surface area (Å²) in [6.07, 6.45) is 1.71. The molecule has 7 heteroatoms. The van der Waals surface area contributed by atoms with Crippen LogP contribution < -0.4 is 4.90 Å². The van der Waals surface area contributed by atoms with Crippen LogP contribution >= 0.6 is 11.8 Å². The van der Waals surface area contributed by atoms with Crippen LogP contribution in [0.15, 0.2) is 70.4 Å². The monoisotopic (exact) mass is 419 g/mol. The maximum absolute atomic E-state index is 5.62. The Hall–Kier alpha value is -3.06. The van der Waals surface area contributed by atoms with E-state index in [4.69, 9.17) is 4.42 Å². The van der Waals surface area contributed by atoms with Gasteiger partial charge in [-0.25, -0.2) is 4.98 Å². The van der Waals surface area contributed by atoms with Crippen molar-refractivity contribution in [2.45, 2.75) is 24.8 Å². The van der Waals surface area contributed by atoms with Crippen molar-refractivity contribution in [3.63, 3.8) is 0 Å². The Morgan fingerprint density at radius 2 is 1.67 bits per heavy atom. The first-order valence-electron chi connectivity index (χ1n) is 10.1. The molecule has 0 radical (unpaired) electrons. The summed E-state index contributed by atoms with van der Waals surface area (Å²) in [6, 6.07) is 18.4. The van der Waals surface area contributed by atoms with Gasteiger partial charge in [0.2, 0.25) is 5.89 Å². The molecule has 0 fully saturated rings. The number of nitrogens with zero attached hydrogens (tertiary/aromatic N) is 5. The van der Waals surface area contributed by atoms with Crippen LogP contribution in [0.4, 0.5) is 5.69 Å². The molecule has 0 atom stereocenters. The minimum atomic E-state index is 0.637. The molecular formula is C23H25N5OS. The highest BCUT2D eigenvalue weighted by atomic mass is 32.2. The van der Waals surface area contributed by atoms with Gasteiger partial charge < -0.3 is 13.9 Å². The predicted molar refractivity (Wildman–Crippen MR) is 122 cm³/mol. The van der Waals surface area contributed by atoms with Gasteiger partial charge in [0.25, 0.3) is 0 Å². The molecule has 154 valence electrons. The van der Waals surface area contributed by atoms with Crippen LogP contribution in [-0.2, 0) is 12.8 Å². The molecule has 0 aliphatic heterocycles. The van der Waals surface area contributed by atoms with E-state index in [1.54, 1.807) is 18.0 Å². The van der Waals surface area contributed by atoms with Crippen molar-refractivity contribution in [2.75, 3.05) is 18.0 Å². The summed E-state index contributed by atoms with van der Waals surface area (Å²) in [5.41, 5.74) is 4.14. The third kappa shape index (κ3) is 4.26. The van der Waals surface area contributed by atoms with E-state index in [2.05, 4.69) is 58.2 Å². The summed E-state index contributed by atoms with van der Waals surface area (Å²) < 4.78 is 7.64. The zero-order chi connectivity index (χ0) is 20.9. The first-order chi connectivity index (χ1) is 14.7. The molecule has 4 rings (SSSR count). The third-order valence-electron chi connectivity index (χ3n) is 5.01. The van der Waals surface area contributed by atoms with Gasteiger partial charge in [0.05, 0.1) is 5.69 Å². The summed E-state index contributed by atoms with van der Waals surface area (Å²) in [6.45, 7) is 6.33. The highest BCUT2D eigenvalue weighted by Crippen LogP contribution is 2.27. The van der Waals surface area contributed by atoms with Gasteiger partial charge in [-0.15, -0.1) is 10.2 Å². The standard InChI is InChI=1S/C23H25N5OS/c1-4-28(5-2)20-13-11-17(12-14-20)21-25-26-23(27(21)3)30-16-19-15-29-22(24-19)18-9-7-6-8-10-18/h6-15H,4-5,16H2,1-3H3. The fraction of sp³-hybridized carbons (Fsp3) is 0.261. The lowest BCUT2D eigenvalue weighted by atomic mass is 10.2. The SMILES string of the molecule is CCN(CC)c1ccc(-c2nnc(SCc3coc(-c4ccccc4)n3)n2C)cc1. The molecule has 0 saturated heterocycles. The molecule has 2 aromatic carbocycles. The van der Waals surface area contributed by atoms with E-state index in [0.717, 1.165) is 40.9 Å². The van der Waals surface area contributed by atoms with Gasteiger partial charge in [-0.2, -0.15) is 0 Å². The molecule has 0 unspecified atom stereocenters. The molecule has 2 heterocycles. The Kier molecular flexibility index (Phi) is 6.18. The molecule has 6 nitrogen and oxygen atoms in total. The third-order valence-corrected chi connectivity index (χ3v) is 6.06. The zero-order valence-electron chi connectivity index (χ0n) is 17.4. The van der Waals surface area contributed by atoms with Crippen molar-refractivity contribution >= 4 is 17.4 Å². The highest BCUT2D eigenvalue weighted by Gasteiger charge is 2.13. The van der Waals surface area contributed by atoms with Crippen LogP contribution in [-0.4, -0.2) is 32.8 Å². The smallest absolute Gasteiger partial charge is 0.226 e. The average molecular weight is 420 g/mol. The van der Waals surface area contributed by atoms with Gasteiger partial charge in [-0.3, -0.25) is 0 Å². The number of aromatic nitrogens is 4. The summed E-state index contributed by atoms with van der Waals surface area (Å²) >= 11 is 1.60. The quantitative estimate of drug-likeness (QED) is 0.362. The van der Waals surface area contributed by atoms with E-state index < -0.39 is 0 Å². The molecular weight excluding hydrogens is 394 g/mol. The topological polar surface area (TPSA) is 60.0 Å². The molecule has 0 aliphatic rings. The van der Waals surface area contributed by atoms with E-state index in [9.17, 15) is 0 Å². The summed E-state index contributed by atoms with van der Waals surface area (Å²) in [4.78, 5) is 6.91. The zero-order valence-corrected chi connectivity index (χ0v) is 18.3. The maximum Gasteiger partial charge on any atom is 0.226 e. The molecule has 0 bridgehead atoms. The first kappa shape index (κ1) is 20.2. The molecule has 0 aliphatic carbocycles. The number of hydrogen-bond donors (Lipinski definition) is 0. The van der Waals surface area contributed by atoms with E-state index in [1.165, 1.54) is 5.69 Å². The van der Waals surface area contributed by atoms with Gasteiger partial charge in [-0.1, -0.05) is 30.0 Å². The first-order valence-corrected chi connectivity index (χ1v) is 11.1. The predicted octanol–water partition coefficient (Wildman–Crippen LogP) is 5.28. The molecule has 0 amide bonds. The number of hydrogen-bond acceptors (Lipinski definition) is 6. The van der Waals surface area contributed by atoms with Crippen LogP contribution in [0.2, 0.25) is 0 Å². The Morgan fingerprint density at radius 3 is 2.37 bits per heavy atom. The molecule has 2 aromatic heterocycles. The van der Waals surface area contributed by atoms with Crippen LogP contribution in [0.3, 0.4) is 0 Å². The van der Waals surface area contributed by atoms with Crippen molar-refractivity contribution < 1.29 is 4.42 Å². The van der Waals surface area contributed by atoms with Crippen LogP contribution in [0.25, 0.3) is 22.8 Å². The average Bonchev–Trinajstić information content (AvgIpc) is 3.41. The largest absolute Gasteiger partial charge is 0.444 e. The minimum Gasteiger partial charge on any atom is -0.444 e. The number of oxazole rings is 1. The summed E-state index contributed by atoms with van der Waals surface area (Å²) in [5, 5.41) is 9.62. The number of rotatable bonds is 8. The van der Waals surface area contributed by atoms with Crippen LogP contribution in [0.1, 0.15) is 19.5 Å². The van der Waals surface area contributed by atoms with Gasteiger partial charge >= 0.3 is 0 Å². The van der Waals surface area contributed by atoms with Gasteiger partial charge in [0.15, 0.2) is 11.0 Å². The Morgan fingerprint density at radius 1 is 0.933 bits per heavy atom. The van der Waals surface area contributed by atoms with Crippen molar-refractivity contribution in [3.8, 4) is 22.8 Å². The number of anilines is 1. The second-order valence-corrected chi connectivity index (χ2v) is 7.83. The van der Waals surface area contributed by atoms with Crippen molar-refractivity contribution in [1.29, 1.82) is 0 Å². The Labute approximate surface area is 181 Å². The van der Waals surface area contributed by atoms with Crippen molar-refractivity contribution in [3.05, 3.63) is 66.6 Å².